The van der Waals surface area contributed by atoms with Gasteiger partial charge < -0.3 is 10.2 Å². The minimum absolute atomic E-state index is 0.102. The number of hydrogen-bond acceptors (Lipinski definition) is 2. The van der Waals surface area contributed by atoms with Gasteiger partial charge in [0.15, 0.2) is 6.29 Å². The van der Waals surface area contributed by atoms with Crippen molar-refractivity contribution in [1.29, 1.82) is 0 Å². The highest BCUT2D eigenvalue weighted by Gasteiger charge is 2.11. The molecule has 0 aromatic rings. The Labute approximate surface area is 54.1 Å². The van der Waals surface area contributed by atoms with Gasteiger partial charge in [-0.15, -0.1) is 0 Å². The lowest BCUT2D eigenvalue weighted by atomic mass is 10.0. The number of allylic oxidation sites excluding steroid dienone is 3. The molecule has 2 nitrogen and oxygen atoms in total. The maximum absolute atomic E-state index is 8.65. The molecular formula is C7H10O2. The molecule has 0 aliphatic heterocycles. The van der Waals surface area contributed by atoms with Crippen molar-refractivity contribution in [1.82, 2.24) is 0 Å². The summed E-state index contributed by atoms with van der Waals surface area (Å²) in [4.78, 5) is 0. The van der Waals surface area contributed by atoms with E-state index < -0.39 is 6.29 Å². The average molecular weight is 126 g/mol. The summed E-state index contributed by atoms with van der Waals surface area (Å²) in [6.45, 7) is 0. The van der Waals surface area contributed by atoms with Crippen molar-refractivity contribution in [2.24, 2.45) is 5.92 Å². The van der Waals surface area contributed by atoms with Gasteiger partial charge in [0.1, 0.15) is 0 Å². The molecule has 1 rings (SSSR count). The number of aliphatic hydroxyl groups excluding tert-OH is 1. The Morgan fingerprint density at radius 1 is 1.33 bits per heavy atom. The molecule has 0 radical (unpaired) electrons. The van der Waals surface area contributed by atoms with Crippen LogP contribution in [0.5, 0.6) is 0 Å². The lowest BCUT2D eigenvalue weighted by Crippen LogP contribution is -2.17. The highest BCUT2D eigenvalue weighted by Crippen LogP contribution is 2.13. The van der Waals surface area contributed by atoms with Crippen LogP contribution >= 0.6 is 0 Å². The van der Waals surface area contributed by atoms with Crippen LogP contribution in [0.15, 0.2) is 24.3 Å². The van der Waals surface area contributed by atoms with Crippen LogP contribution in [-0.2, 0) is 0 Å². The summed E-state index contributed by atoms with van der Waals surface area (Å²) in [6.07, 6.45) is 6.97. The second kappa shape index (κ2) is 2.80. The molecule has 2 heteroatoms. The molecule has 50 valence electrons. The quantitative estimate of drug-likeness (QED) is 0.500. The summed E-state index contributed by atoms with van der Waals surface area (Å²) in [5.74, 6) is -0.102. The minimum Gasteiger partial charge on any atom is -0.368 e. The van der Waals surface area contributed by atoms with Crippen LogP contribution in [0.25, 0.3) is 0 Å². The van der Waals surface area contributed by atoms with Crippen LogP contribution in [0.3, 0.4) is 0 Å². The second-order valence-corrected chi connectivity index (χ2v) is 2.13. The summed E-state index contributed by atoms with van der Waals surface area (Å²) < 4.78 is 0. The lowest BCUT2D eigenvalue weighted by Gasteiger charge is -2.13. The van der Waals surface area contributed by atoms with E-state index in [1.54, 1.807) is 6.08 Å². The standard InChI is InChI=1S/C7H10O2/c8-7(9)6-4-2-1-3-5-6/h1-4,6-9H,5H2. The Morgan fingerprint density at radius 2 is 2.11 bits per heavy atom. The molecule has 0 bridgehead atoms. The maximum Gasteiger partial charge on any atom is 0.158 e. The van der Waals surface area contributed by atoms with Gasteiger partial charge in [-0.2, -0.15) is 0 Å². The third-order valence-corrected chi connectivity index (χ3v) is 1.40. The summed E-state index contributed by atoms with van der Waals surface area (Å²) in [5.41, 5.74) is 0. The van der Waals surface area contributed by atoms with Gasteiger partial charge in [-0.1, -0.05) is 24.3 Å². The van der Waals surface area contributed by atoms with E-state index in [-0.39, 0.29) is 5.92 Å². The molecule has 0 amide bonds. The van der Waals surface area contributed by atoms with Crippen molar-refractivity contribution >= 4 is 0 Å². The zero-order chi connectivity index (χ0) is 6.69. The van der Waals surface area contributed by atoms with Crippen LogP contribution in [0, 0.1) is 5.92 Å². The van der Waals surface area contributed by atoms with Crippen molar-refractivity contribution in [2.45, 2.75) is 12.7 Å². The molecule has 1 aliphatic carbocycles. The van der Waals surface area contributed by atoms with Crippen LogP contribution in [0.4, 0.5) is 0 Å². The molecule has 0 fully saturated rings. The van der Waals surface area contributed by atoms with E-state index in [0.717, 1.165) is 6.42 Å². The van der Waals surface area contributed by atoms with Crippen LogP contribution in [0.2, 0.25) is 0 Å². The molecule has 0 saturated heterocycles. The first-order valence-corrected chi connectivity index (χ1v) is 3.00. The zero-order valence-corrected chi connectivity index (χ0v) is 5.07. The third-order valence-electron chi connectivity index (χ3n) is 1.40. The van der Waals surface area contributed by atoms with Gasteiger partial charge in [0.2, 0.25) is 0 Å². The fraction of sp³-hybridized carbons (Fsp3) is 0.429. The summed E-state index contributed by atoms with van der Waals surface area (Å²) >= 11 is 0. The average Bonchev–Trinajstić information content (AvgIpc) is 1.90. The Bertz CT molecular complexity index is 136. The van der Waals surface area contributed by atoms with Crippen molar-refractivity contribution in [3.63, 3.8) is 0 Å². The fourth-order valence-corrected chi connectivity index (χ4v) is 0.821. The van der Waals surface area contributed by atoms with E-state index in [9.17, 15) is 0 Å². The molecule has 0 aromatic heterocycles. The van der Waals surface area contributed by atoms with E-state index in [2.05, 4.69) is 0 Å². The van der Waals surface area contributed by atoms with Gasteiger partial charge in [-0.25, -0.2) is 0 Å². The highest BCUT2D eigenvalue weighted by molar-refractivity contribution is 5.11. The van der Waals surface area contributed by atoms with Crippen LogP contribution < -0.4 is 0 Å². The number of rotatable bonds is 1. The Morgan fingerprint density at radius 3 is 2.44 bits per heavy atom. The predicted molar refractivity (Wildman–Crippen MR) is 34.6 cm³/mol. The first-order valence-electron chi connectivity index (χ1n) is 3.00. The molecule has 2 N–H and O–H groups in total. The summed E-state index contributed by atoms with van der Waals surface area (Å²) in [6, 6.07) is 0. The second-order valence-electron chi connectivity index (χ2n) is 2.13. The molecule has 0 aromatic carbocycles. The summed E-state index contributed by atoms with van der Waals surface area (Å²) in [7, 11) is 0. The molecular weight excluding hydrogens is 116 g/mol. The van der Waals surface area contributed by atoms with Crippen molar-refractivity contribution < 1.29 is 10.2 Å². The molecule has 0 saturated carbocycles. The van der Waals surface area contributed by atoms with Crippen LogP contribution in [0.1, 0.15) is 6.42 Å². The molecule has 1 atom stereocenters. The molecule has 1 aliphatic rings. The predicted octanol–water partition coefficient (Wildman–Crippen LogP) is 0.429. The van der Waals surface area contributed by atoms with Gasteiger partial charge >= 0.3 is 0 Å². The Kier molecular flexibility index (Phi) is 2.03. The van der Waals surface area contributed by atoms with Crippen molar-refractivity contribution in [3.05, 3.63) is 24.3 Å². The Balaban J connectivity index is 2.46. The van der Waals surface area contributed by atoms with E-state index in [0.29, 0.717) is 0 Å². The van der Waals surface area contributed by atoms with Crippen molar-refractivity contribution in [2.75, 3.05) is 0 Å². The maximum atomic E-state index is 8.65. The molecule has 1 unspecified atom stereocenters. The van der Waals surface area contributed by atoms with Gasteiger partial charge in [-0.3, -0.25) is 0 Å². The minimum atomic E-state index is -1.20. The van der Waals surface area contributed by atoms with Gasteiger partial charge in [0, 0.05) is 5.92 Å². The van der Waals surface area contributed by atoms with Crippen molar-refractivity contribution in [3.8, 4) is 0 Å². The number of hydrogen-bond donors (Lipinski definition) is 2. The largest absolute Gasteiger partial charge is 0.368 e. The highest BCUT2D eigenvalue weighted by atomic mass is 16.5. The van der Waals surface area contributed by atoms with Gasteiger partial charge in [-0.05, 0) is 6.42 Å². The van der Waals surface area contributed by atoms with E-state index in [1.165, 1.54) is 0 Å². The normalized spacial score (nSPS) is 25.4. The molecule has 0 heterocycles. The molecule has 9 heavy (non-hydrogen) atoms. The fourth-order valence-electron chi connectivity index (χ4n) is 0.821. The smallest absolute Gasteiger partial charge is 0.158 e. The first-order chi connectivity index (χ1) is 4.30. The topological polar surface area (TPSA) is 40.5 Å². The lowest BCUT2D eigenvalue weighted by molar-refractivity contribution is -0.0693. The third kappa shape index (κ3) is 1.66. The van der Waals surface area contributed by atoms with E-state index in [1.807, 2.05) is 18.2 Å². The summed E-state index contributed by atoms with van der Waals surface area (Å²) in [5, 5.41) is 17.3. The zero-order valence-electron chi connectivity index (χ0n) is 5.07. The van der Waals surface area contributed by atoms with Crippen LogP contribution in [-0.4, -0.2) is 16.5 Å². The van der Waals surface area contributed by atoms with E-state index >= 15 is 0 Å². The SMILES string of the molecule is OC(O)C1C=CC=CC1. The van der Waals surface area contributed by atoms with Gasteiger partial charge in [0.25, 0.3) is 0 Å². The van der Waals surface area contributed by atoms with Gasteiger partial charge in [0.05, 0.1) is 0 Å². The number of aliphatic hydroxyl groups is 2. The Hall–Kier alpha value is -0.600. The first kappa shape index (κ1) is 6.52. The monoisotopic (exact) mass is 126 g/mol. The molecule has 0 spiro atoms. The van der Waals surface area contributed by atoms with E-state index in [4.69, 9.17) is 10.2 Å².